The molecule has 2 nitrogen and oxygen atoms in total. The van der Waals surface area contributed by atoms with Crippen molar-refractivity contribution in [1.82, 2.24) is 0 Å². The summed E-state index contributed by atoms with van der Waals surface area (Å²) in [5.74, 6) is 1.94. The van der Waals surface area contributed by atoms with Crippen LogP contribution < -0.4 is 10.5 Å². The molecule has 0 aromatic heterocycles. The molecule has 98 valence electrons. The second-order valence-electron chi connectivity index (χ2n) is 4.54. The number of benzene rings is 2. The smallest absolute Gasteiger partial charge is 0.123 e. The van der Waals surface area contributed by atoms with Gasteiger partial charge in [0.25, 0.3) is 0 Å². The van der Waals surface area contributed by atoms with E-state index in [0.717, 1.165) is 33.0 Å². The van der Waals surface area contributed by atoms with Gasteiger partial charge in [-0.2, -0.15) is 0 Å². The third-order valence-electron chi connectivity index (χ3n) is 3.11. The molecule has 0 saturated heterocycles. The van der Waals surface area contributed by atoms with Crippen LogP contribution in [0.25, 0.3) is 0 Å². The van der Waals surface area contributed by atoms with Crippen molar-refractivity contribution >= 4 is 33.4 Å². The van der Waals surface area contributed by atoms with E-state index in [-0.39, 0.29) is 6.10 Å². The van der Waals surface area contributed by atoms with Gasteiger partial charge >= 0.3 is 0 Å². The first-order valence-corrected chi connectivity index (χ1v) is 7.92. The molecule has 1 unspecified atom stereocenters. The van der Waals surface area contributed by atoms with E-state index in [9.17, 15) is 0 Å². The Bertz CT molecular complexity index is 577. The highest BCUT2D eigenvalue weighted by atomic mass is 79.9. The molecule has 1 aliphatic heterocycles. The molecule has 1 aliphatic rings. The number of hydrogen-bond acceptors (Lipinski definition) is 3. The van der Waals surface area contributed by atoms with E-state index in [2.05, 4.69) is 34.1 Å². The fraction of sp³-hybridized carbons (Fsp3) is 0.200. The average molecular weight is 336 g/mol. The van der Waals surface area contributed by atoms with Crippen LogP contribution in [0, 0.1) is 0 Å². The minimum Gasteiger partial charge on any atom is -0.489 e. The fourth-order valence-corrected chi connectivity index (χ4v) is 3.67. The van der Waals surface area contributed by atoms with E-state index in [0.29, 0.717) is 0 Å². The highest BCUT2D eigenvalue weighted by Crippen LogP contribution is 2.33. The second kappa shape index (κ2) is 5.47. The van der Waals surface area contributed by atoms with Crippen molar-refractivity contribution in [3.63, 3.8) is 0 Å². The number of fused-ring (bicyclic) bond motifs is 1. The maximum absolute atomic E-state index is 5.98. The molecule has 3 rings (SSSR count). The molecular weight excluding hydrogens is 322 g/mol. The van der Waals surface area contributed by atoms with E-state index < -0.39 is 0 Å². The van der Waals surface area contributed by atoms with Crippen molar-refractivity contribution in [3.05, 3.63) is 52.5 Å². The normalized spacial score (nSPS) is 17.0. The minimum atomic E-state index is 0.237. The molecule has 2 N–H and O–H groups in total. The van der Waals surface area contributed by atoms with Crippen LogP contribution in [0.4, 0.5) is 5.69 Å². The first-order chi connectivity index (χ1) is 9.22. The predicted molar refractivity (Wildman–Crippen MR) is 83.8 cm³/mol. The summed E-state index contributed by atoms with van der Waals surface area (Å²) in [6.45, 7) is 0. The molecule has 4 heteroatoms. The zero-order valence-electron chi connectivity index (χ0n) is 10.3. The van der Waals surface area contributed by atoms with Crippen LogP contribution in [-0.4, -0.2) is 11.9 Å². The lowest BCUT2D eigenvalue weighted by atomic mass is 10.1. The topological polar surface area (TPSA) is 35.2 Å². The van der Waals surface area contributed by atoms with Crippen molar-refractivity contribution in [2.24, 2.45) is 0 Å². The van der Waals surface area contributed by atoms with Gasteiger partial charge in [-0.05, 0) is 29.8 Å². The Kier molecular flexibility index (Phi) is 3.71. The molecule has 0 aliphatic carbocycles. The molecular formula is C15H14BrNOS. The summed E-state index contributed by atoms with van der Waals surface area (Å²) in [7, 11) is 0. The number of ether oxygens (including phenoxy) is 1. The number of thioether (sulfide) groups is 1. The van der Waals surface area contributed by atoms with E-state index >= 15 is 0 Å². The summed E-state index contributed by atoms with van der Waals surface area (Å²) in [5.41, 5.74) is 8.10. The zero-order chi connectivity index (χ0) is 13.2. The van der Waals surface area contributed by atoms with E-state index in [1.165, 1.54) is 5.56 Å². The molecule has 2 aromatic rings. The molecule has 0 radical (unpaired) electrons. The standard InChI is InChI=1S/C15H14BrNOS/c16-11-5-6-13(17)15(8-11)19-9-12-7-10-3-1-2-4-14(10)18-12/h1-6,8,12H,7,9,17H2. The Morgan fingerprint density at radius 3 is 2.95 bits per heavy atom. The maximum Gasteiger partial charge on any atom is 0.123 e. The van der Waals surface area contributed by atoms with E-state index in [1.807, 2.05) is 24.3 Å². The highest BCUT2D eigenvalue weighted by molar-refractivity contribution is 9.10. The molecule has 0 spiro atoms. The van der Waals surface area contributed by atoms with Gasteiger partial charge in [0.05, 0.1) is 0 Å². The lowest BCUT2D eigenvalue weighted by Crippen LogP contribution is -2.15. The quantitative estimate of drug-likeness (QED) is 0.676. The number of halogens is 1. The SMILES string of the molecule is Nc1ccc(Br)cc1SCC1Cc2ccccc2O1. The van der Waals surface area contributed by atoms with Crippen molar-refractivity contribution in [3.8, 4) is 5.75 Å². The second-order valence-corrected chi connectivity index (χ2v) is 6.52. The third-order valence-corrected chi connectivity index (χ3v) is 4.81. The largest absolute Gasteiger partial charge is 0.489 e. The Balaban J connectivity index is 1.64. The summed E-state index contributed by atoms with van der Waals surface area (Å²) in [4.78, 5) is 1.11. The Morgan fingerprint density at radius 2 is 2.11 bits per heavy atom. The molecule has 0 amide bonds. The van der Waals surface area contributed by atoms with Crippen molar-refractivity contribution in [2.75, 3.05) is 11.5 Å². The Labute approximate surface area is 125 Å². The lowest BCUT2D eigenvalue weighted by molar-refractivity contribution is 0.259. The number of hydrogen-bond donors (Lipinski definition) is 1. The monoisotopic (exact) mass is 335 g/mol. The first kappa shape index (κ1) is 12.9. The molecule has 2 aromatic carbocycles. The number of nitrogens with two attached hydrogens (primary N) is 1. The summed E-state index contributed by atoms with van der Waals surface area (Å²) in [6.07, 6.45) is 1.22. The zero-order valence-corrected chi connectivity index (χ0v) is 12.7. The van der Waals surface area contributed by atoms with Crippen molar-refractivity contribution < 1.29 is 4.74 Å². The van der Waals surface area contributed by atoms with Gasteiger partial charge in [0.2, 0.25) is 0 Å². The highest BCUT2D eigenvalue weighted by Gasteiger charge is 2.22. The minimum absolute atomic E-state index is 0.237. The van der Waals surface area contributed by atoms with Gasteiger partial charge in [-0.3, -0.25) is 0 Å². The van der Waals surface area contributed by atoms with Crippen LogP contribution in [0.1, 0.15) is 5.56 Å². The number of para-hydroxylation sites is 1. The molecule has 1 heterocycles. The van der Waals surface area contributed by atoms with Gasteiger partial charge in [0.1, 0.15) is 11.9 Å². The predicted octanol–water partition coefficient (Wildman–Crippen LogP) is 4.13. The molecule has 0 bridgehead atoms. The van der Waals surface area contributed by atoms with Gasteiger partial charge in [0, 0.05) is 27.2 Å². The summed E-state index contributed by atoms with van der Waals surface area (Å²) in [6, 6.07) is 14.2. The first-order valence-electron chi connectivity index (χ1n) is 6.15. The number of anilines is 1. The van der Waals surface area contributed by atoms with Crippen LogP contribution >= 0.6 is 27.7 Å². The van der Waals surface area contributed by atoms with Crippen LogP contribution in [-0.2, 0) is 6.42 Å². The van der Waals surface area contributed by atoms with Gasteiger partial charge < -0.3 is 10.5 Å². The molecule has 0 fully saturated rings. The maximum atomic E-state index is 5.98. The van der Waals surface area contributed by atoms with E-state index in [1.54, 1.807) is 11.8 Å². The van der Waals surface area contributed by atoms with Gasteiger partial charge in [-0.1, -0.05) is 34.1 Å². The molecule has 19 heavy (non-hydrogen) atoms. The van der Waals surface area contributed by atoms with Gasteiger partial charge in [0.15, 0.2) is 0 Å². The lowest BCUT2D eigenvalue weighted by Gasteiger charge is -2.11. The number of rotatable bonds is 3. The van der Waals surface area contributed by atoms with E-state index in [4.69, 9.17) is 10.5 Å². The summed E-state index contributed by atoms with van der Waals surface area (Å²) >= 11 is 5.22. The third kappa shape index (κ3) is 2.90. The van der Waals surface area contributed by atoms with Crippen molar-refractivity contribution in [2.45, 2.75) is 17.4 Å². The average Bonchev–Trinajstić information content (AvgIpc) is 2.82. The van der Waals surface area contributed by atoms with Crippen molar-refractivity contribution in [1.29, 1.82) is 0 Å². The Morgan fingerprint density at radius 1 is 1.26 bits per heavy atom. The Hall–Kier alpha value is -1.13. The van der Waals surface area contributed by atoms with Crippen LogP contribution in [0.15, 0.2) is 51.8 Å². The van der Waals surface area contributed by atoms with Gasteiger partial charge in [-0.25, -0.2) is 0 Å². The van der Waals surface area contributed by atoms with Gasteiger partial charge in [-0.15, -0.1) is 11.8 Å². The number of nitrogen functional groups attached to an aromatic ring is 1. The molecule has 0 saturated carbocycles. The summed E-state index contributed by atoms with van der Waals surface area (Å²) in [5, 5.41) is 0. The van der Waals surface area contributed by atoms with Crippen LogP contribution in [0.5, 0.6) is 5.75 Å². The molecule has 1 atom stereocenters. The summed E-state index contributed by atoms with van der Waals surface area (Å²) < 4.78 is 6.98. The van der Waals surface area contributed by atoms with Crippen LogP contribution in [0.2, 0.25) is 0 Å². The fourth-order valence-electron chi connectivity index (χ4n) is 2.16. The van der Waals surface area contributed by atoms with Crippen LogP contribution in [0.3, 0.4) is 0 Å².